The Hall–Kier alpha value is -1.22. The lowest BCUT2D eigenvalue weighted by molar-refractivity contribution is -0.145. The summed E-state index contributed by atoms with van der Waals surface area (Å²) in [5, 5.41) is 47.2. The van der Waals surface area contributed by atoms with Gasteiger partial charge in [0.25, 0.3) is 5.97 Å². The molecular formula is C8H18O8. The van der Waals surface area contributed by atoms with Crippen LogP contribution in [-0.4, -0.2) is 68.0 Å². The molecule has 0 aromatic heterocycles. The molecule has 0 bridgehead atoms. The zero-order valence-electron chi connectivity index (χ0n) is 9.07. The molecule has 0 aromatic carbocycles. The molecular weight excluding hydrogens is 224 g/mol. The average Bonchev–Trinajstić information content (AvgIpc) is 2.16. The maximum Gasteiger partial charge on any atom is 0.332 e. The summed E-state index contributed by atoms with van der Waals surface area (Å²) in [7, 11) is 0. The molecule has 0 radical (unpaired) electrons. The van der Waals surface area contributed by atoms with Gasteiger partial charge in [0.05, 0.1) is 13.2 Å². The van der Waals surface area contributed by atoms with Gasteiger partial charge in [0.2, 0.25) is 0 Å². The largest absolute Gasteiger partial charge is 0.481 e. The number of hydrogen-bond donors (Lipinski definition) is 6. The van der Waals surface area contributed by atoms with Gasteiger partial charge in [-0.25, -0.2) is 4.79 Å². The Morgan fingerprint density at radius 3 is 1.25 bits per heavy atom. The maximum absolute atomic E-state index is 9.45. The van der Waals surface area contributed by atoms with Gasteiger partial charge in [0.1, 0.15) is 12.2 Å². The minimum absolute atomic E-state index is 0.365. The summed E-state index contributed by atoms with van der Waals surface area (Å²) in [4.78, 5) is 18.4. The van der Waals surface area contributed by atoms with Crippen LogP contribution in [0, 0.1) is 0 Å². The summed E-state index contributed by atoms with van der Waals surface area (Å²) in [6, 6.07) is 0. The zero-order valence-corrected chi connectivity index (χ0v) is 9.07. The van der Waals surface area contributed by atoms with Crippen molar-refractivity contribution in [3.63, 3.8) is 0 Å². The Morgan fingerprint density at radius 2 is 1.25 bits per heavy atom. The van der Waals surface area contributed by atoms with Crippen LogP contribution in [0.5, 0.6) is 0 Å². The highest BCUT2D eigenvalue weighted by molar-refractivity contribution is 5.71. The molecule has 0 aliphatic rings. The van der Waals surface area contributed by atoms with Gasteiger partial charge >= 0.3 is 5.97 Å². The van der Waals surface area contributed by atoms with E-state index >= 15 is 0 Å². The second-order valence-corrected chi connectivity index (χ2v) is 2.55. The molecule has 0 amide bonds. The first kappa shape index (κ1) is 20.2. The first-order valence-electron chi connectivity index (χ1n) is 4.19. The van der Waals surface area contributed by atoms with Gasteiger partial charge in [0, 0.05) is 6.92 Å². The summed E-state index contributed by atoms with van der Waals surface area (Å²) < 4.78 is 0. The van der Waals surface area contributed by atoms with Gasteiger partial charge in [-0.3, -0.25) is 4.79 Å². The summed E-state index contributed by atoms with van der Waals surface area (Å²) >= 11 is 0. The molecule has 6 N–H and O–H groups in total. The number of carbonyl (C=O) groups is 2. The van der Waals surface area contributed by atoms with Gasteiger partial charge in [-0.15, -0.1) is 0 Å². The first-order chi connectivity index (χ1) is 7.18. The molecule has 0 aliphatic carbocycles. The van der Waals surface area contributed by atoms with Crippen molar-refractivity contribution in [1.29, 1.82) is 0 Å². The van der Waals surface area contributed by atoms with Gasteiger partial charge in [0.15, 0.2) is 0 Å². The third kappa shape index (κ3) is 38.6. The van der Waals surface area contributed by atoms with Crippen LogP contribution < -0.4 is 0 Å². The normalized spacial score (nSPS) is 10.4. The molecule has 0 spiro atoms. The van der Waals surface area contributed by atoms with Gasteiger partial charge in [-0.1, -0.05) is 0 Å². The van der Waals surface area contributed by atoms with Crippen LogP contribution >= 0.6 is 0 Å². The summed E-state index contributed by atoms with van der Waals surface area (Å²) in [5.74, 6) is -2.02. The fourth-order valence-corrected chi connectivity index (χ4v) is 0.0577. The minimum Gasteiger partial charge on any atom is -0.481 e. The van der Waals surface area contributed by atoms with Crippen molar-refractivity contribution in [2.45, 2.75) is 26.1 Å². The van der Waals surface area contributed by atoms with Crippen LogP contribution in [0.15, 0.2) is 0 Å². The Bertz CT molecular complexity index is 171. The van der Waals surface area contributed by atoms with E-state index in [0.717, 1.165) is 6.92 Å². The molecule has 0 heterocycles. The first-order valence-corrected chi connectivity index (χ1v) is 4.19. The van der Waals surface area contributed by atoms with Crippen molar-refractivity contribution in [2.75, 3.05) is 13.2 Å². The third-order valence-electron chi connectivity index (χ3n) is 0.779. The fraction of sp³-hybridized carbons (Fsp3) is 0.750. The quantitative estimate of drug-likeness (QED) is 0.328. The van der Waals surface area contributed by atoms with Crippen LogP contribution in [0.4, 0.5) is 0 Å². The molecule has 1 atom stereocenters. The maximum atomic E-state index is 9.45. The minimum atomic E-state index is -1.23. The van der Waals surface area contributed by atoms with Crippen LogP contribution in [0.3, 0.4) is 0 Å². The molecule has 0 saturated carbocycles. The lowest BCUT2D eigenvalue weighted by Crippen LogP contribution is -2.15. The van der Waals surface area contributed by atoms with Gasteiger partial charge < -0.3 is 30.6 Å². The molecule has 8 nitrogen and oxygen atoms in total. The number of aliphatic carboxylic acids is 2. The number of aliphatic hydroxyl groups is 4. The van der Waals surface area contributed by atoms with Crippen molar-refractivity contribution >= 4 is 11.9 Å². The van der Waals surface area contributed by atoms with E-state index < -0.39 is 24.1 Å². The highest BCUT2D eigenvalue weighted by Crippen LogP contribution is 1.73. The average molecular weight is 242 g/mol. The van der Waals surface area contributed by atoms with E-state index in [1.165, 1.54) is 6.92 Å². The topological polar surface area (TPSA) is 156 Å². The van der Waals surface area contributed by atoms with E-state index in [0.29, 0.717) is 0 Å². The number of hydrogen-bond acceptors (Lipinski definition) is 6. The van der Waals surface area contributed by atoms with Crippen LogP contribution in [0.2, 0.25) is 0 Å². The Balaban J connectivity index is -0.000000162. The second kappa shape index (κ2) is 13.8. The van der Waals surface area contributed by atoms with Crippen molar-refractivity contribution in [3.8, 4) is 0 Å². The summed E-state index contributed by atoms with van der Waals surface area (Å²) in [6.45, 7) is 1.55. The predicted molar refractivity (Wildman–Crippen MR) is 52.8 cm³/mol. The summed E-state index contributed by atoms with van der Waals surface area (Å²) in [6.07, 6.45) is -2.19. The number of carboxylic acids is 2. The second-order valence-electron chi connectivity index (χ2n) is 2.55. The van der Waals surface area contributed by atoms with Crippen molar-refractivity contribution in [3.05, 3.63) is 0 Å². The standard InChI is InChI=1S/C3H8O3.C3H6O3.C2H4O2/c4-1-3(6)2-5;1-2(4)3(5)6;1-2(3)4/h3-6H,1-2H2;2,4H,1H3,(H,5,6);1H3,(H,3,4). The number of carboxylic acid groups (broad SMARTS) is 2. The van der Waals surface area contributed by atoms with Crippen molar-refractivity contribution < 1.29 is 40.2 Å². The van der Waals surface area contributed by atoms with Crippen molar-refractivity contribution in [2.24, 2.45) is 0 Å². The highest BCUT2D eigenvalue weighted by Gasteiger charge is 2.01. The van der Waals surface area contributed by atoms with Gasteiger partial charge in [-0.2, -0.15) is 0 Å². The van der Waals surface area contributed by atoms with E-state index in [2.05, 4.69) is 0 Å². The molecule has 16 heavy (non-hydrogen) atoms. The van der Waals surface area contributed by atoms with Crippen LogP contribution in [-0.2, 0) is 9.59 Å². The SMILES string of the molecule is CC(=O)O.CC(O)C(=O)O.OCC(O)CO. The van der Waals surface area contributed by atoms with Gasteiger partial charge in [-0.05, 0) is 6.92 Å². The number of aliphatic hydroxyl groups excluding tert-OH is 4. The fourth-order valence-electron chi connectivity index (χ4n) is 0.0577. The van der Waals surface area contributed by atoms with E-state index in [1.54, 1.807) is 0 Å². The lowest BCUT2D eigenvalue weighted by atomic mass is 10.4. The number of rotatable bonds is 3. The zero-order chi connectivity index (χ0) is 13.7. The molecule has 0 saturated heterocycles. The monoisotopic (exact) mass is 242 g/mol. The lowest BCUT2D eigenvalue weighted by Gasteiger charge is -1.96. The Kier molecular flexibility index (Phi) is 17.4. The van der Waals surface area contributed by atoms with E-state index in [4.69, 9.17) is 35.4 Å². The van der Waals surface area contributed by atoms with E-state index in [-0.39, 0.29) is 13.2 Å². The Morgan fingerprint density at radius 1 is 1.06 bits per heavy atom. The molecule has 0 fully saturated rings. The molecule has 0 aromatic rings. The van der Waals surface area contributed by atoms with E-state index in [1.807, 2.05) is 0 Å². The van der Waals surface area contributed by atoms with Crippen molar-refractivity contribution in [1.82, 2.24) is 0 Å². The molecule has 0 rings (SSSR count). The summed E-state index contributed by atoms with van der Waals surface area (Å²) in [5.41, 5.74) is 0. The molecule has 8 heteroatoms. The van der Waals surface area contributed by atoms with Crippen LogP contribution in [0.25, 0.3) is 0 Å². The molecule has 0 aliphatic heterocycles. The predicted octanol–water partition coefficient (Wildman–Crippen LogP) is -2.13. The van der Waals surface area contributed by atoms with Crippen LogP contribution in [0.1, 0.15) is 13.8 Å². The van der Waals surface area contributed by atoms with E-state index in [9.17, 15) is 4.79 Å². The highest BCUT2D eigenvalue weighted by atomic mass is 16.4. The molecule has 1 unspecified atom stereocenters. The molecule has 98 valence electrons. The Labute approximate surface area is 92.4 Å². The third-order valence-corrected chi connectivity index (χ3v) is 0.779. The smallest absolute Gasteiger partial charge is 0.332 e.